The number of halogens is 1. The number of nitrogens with zero attached hydrogens (tertiary/aromatic N) is 1. The van der Waals surface area contributed by atoms with Crippen molar-refractivity contribution >= 4 is 27.7 Å². The second-order valence-electron chi connectivity index (χ2n) is 9.47. The summed E-state index contributed by atoms with van der Waals surface area (Å²) < 4.78 is 13.2. The van der Waals surface area contributed by atoms with Gasteiger partial charge in [0.25, 0.3) is 5.91 Å². The first-order valence-electron chi connectivity index (χ1n) is 13.2. The van der Waals surface area contributed by atoms with E-state index in [-0.39, 0.29) is 12.5 Å². The van der Waals surface area contributed by atoms with E-state index >= 15 is 0 Å². The normalized spacial score (nSPS) is 18.5. The zero-order valence-electron chi connectivity index (χ0n) is 21.7. The van der Waals surface area contributed by atoms with Gasteiger partial charge < -0.3 is 19.9 Å². The molecule has 0 bridgehead atoms. The van der Waals surface area contributed by atoms with Crippen molar-refractivity contribution in [3.8, 4) is 5.75 Å². The Hall–Kier alpha value is -3.16. The van der Waals surface area contributed by atoms with Gasteiger partial charge in [-0.25, -0.2) is 4.99 Å². The maximum Gasteiger partial charge on any atom is 0.252 e. The third-order valence-corrected chi connectivity index (χ3v) is 7.11. The lowest BCUT2D eigenvalue weighted by Crippen LogP contribution is -2.50. The minimum Gasteiger partial charge on any atom is -0.494 e. The number of nitrogens with one attached hydrogen (secondary N) is 1. The fourth-order valence-corrected chi connectivity index (χ4v) is 4.82. The van der Waals surface area contributed by atoms with Gasteiger partial charge in [-0.05, 0) is 53.9 Å². The fourth-order valence-electron chi connectivity index (χ4n) is 4.56. The number of amides is 1. The molecule has 0 saturated heterocycles. The molecule has 0 unspecified atom stereocenters. The molecule has 1 aliphatic rings. The predicted molar refractivity (Wildman–Crippen MR) is 154 cm³/mol. The summed E-state index contributed by atoms with van der Waals surface area (Å²) in [4.78, 5) is 19.1. The zero-order chi connectivity index (χ0) is 26.8. The third-order valence-electron chi connectivity index (χ3n) is 6.59. The number of benzene rings is 3. The standard InChI is InChI=1S/C31H35BrN2O4/c1-2-3-7-19-33-30(36)31(22-23-9-5-4-6-10-23)28(24-11-15-26(32)16-12-24)38-29(34-31)25-13-17-27(18-14-25)37-21-8-20-35/h4-6,9-18,28,35H,2-3,7-8,19-22H2,1H3,(H,33,36)/t28-,31-/m1/s1. The Morgan fingerprint density at radius 1 is 1.03 bits per heavy atom. The number of unbranched alkanes of at least 4 members (excludes halogenated alkanes) is 2. The lowest BCUT2D eigenvalue weighted by Gasteiger charge is -2.31. The van der Waals surface area contributed by atoms with Crippen LogP contribution >= 0.6 is 15.9 Å². The summed E-state index contributed by atoms with van der Waals surface area (Å²) >= 11 is 3.52. The molecule has 7 heteroatoms. The minimum atomic E-state index is -1.17. The number of ether oxygens (including phenoxy) is 2. The van der Waals surface area contributed by atoms with Crippen LogP contribution in [0.25, 0.3) is 0 Å². The van der Waals surface area contributed by atoms with E-state index in [0.29, 0.717) is 37.6 Å². The van der Waals surface area contributed by atoms with E-state index in [4.69, 9.17) is 19.6 Å². The molecule has 1 aliphatic heterocycles. The number of aliphatic hydroxyl groups is 1. The van der Waals surface area contributed by atoms with Gasteiger partial charge in [0.1, 0.15) is 5.75 Å². The van der Waals surface area contributed by atoms with Crippen molar-refractivity contribution in [1.82, 2.24) is 5.32 Å². The third kappa shape index (κ3) is 6.83. The first-order chi connectivity index (χ1) is 18.6. The first kappa shape index (κ1) is 27.9. The van der Waals surface area contributed by atoms with Gasteiger partial charge in [0.2, 0.25) is 5.90 Å². The Balaban J connectivity index is 1.72. The Labute approximate surface area is 233 Å². The SMILES string of the molecule is CCCCCNC(=O)[C@]1(Cc2ccccc2)N=C(c2ccc(OCCCO)cc2)O[C@@H]1c1ccc(Br)cc1. The summed E-state index contributed by atoms with van der Waals surface area (Å²) in [5.74, 6) is 0.998. The topological polar surface area (TPSA) is 80.2 Å². The van der Waals surface area contributed by atoms with Crippen molar-refractivity contribution in [2.75, 3.05) is 19.8 Å². The van der Waals surface area contributed by atoms with E-state index in [0.717, 1.165) is 40.4 Å². The van der Waals surface area contributed by atoms with Crippen molar-refractivity contribution in [3.63, 3.8) is 0 Å². The number of carbonyl (C=O) groups excluding carboxylic acids is 1. The molecule has 1 amide bonds. The van der Waals surface area contributed by atoms with Crippen LogP contribution in [0.1, 0.15) is 55.4 Å². The highest BCUT2D eigenvalue weighted by molar-refractivity contribution is 9.10. The van der Waals surface area contributed by atoms with Gasteiger partial charge in [0, 0.05) is 36.0 Å². The molecular formula is C31H35BrN2O4. The quantitative estimate of drug-likeness (QED) is 0.243. The van der Waals surface area contributed by atoms with E-state index in [1.807, 2.05) is 78.9 Å². The van der Waals surface area contributed by atoms with Gasteiger partial charge in [-0.15, -0.1) is 0 Å². The summed E-state index contributed by atoms with van der Waals surface area (Å²) in [6.45, 7) is 3.27. The Bertz CT molecular complexity index is 1200. The van der Waals surface area contributed by atoms with Gasteiger partial charge in [0.05, 0.1) is 6.61 Å². The van der Waals surface area contributed by atoms with E-state index in [1.165, 1.54) is 0 Å². The number of carbonyl (C=O) groups is 1. The van der Waals surface area contributed by atoms with Gasteiger partial charge in [-0.3, -0.25) is 4.79 Å². The van der Waals surface area contributed by atoms with E-state index in [2.05, 4.69) is 28.2 Å². The van der Waals surface area contributed by atoms with Crippen LogP contribution in [-0.4, -0.2) is 42.2 Å². The van der Waals surface area contributed by atoms with Crippen LogP contribution in [0, 0.1) is 0 Å². The molecular weight excluding hydrogens is 544 g/mol. The molecule has 6 nitrogen and oxygen atoms in total. The number of rotatable bonds is 13. The van der Waals surface area contributed by atoms with Crippen LogP contribution in [0.2, 0.25) is 0 Å². The Kier molecular flexibility index (Phi) is 9.96. The molecule has 200 valence electrons. The summed E-state index contributed by atoms with van der Waals surface area (Å²) in [5, 5.41) is 12.2. The Morgan fingerprint density at radius 2 is 1.76 bits per heavy atom. The summed E-state index contributed by atoms with van der Waals surface area (Å²) in [7, 11) is 0. The number of aliphatic hydroxyl groups excluding tert-OH is 1. The van der Waals surface area contributed by atoms with Crippen molar-refractivity contribution < 1.29 is 19.4 Å². The summed E-state index contributed by atoms with van der Waals surface area (Å²) in [6.07, 6.45) is 3.43. The second kappa shape index (κ2) is 13.6. The largest absolute Gasteiger partial charge is 0.494 e. The van der Waals surface area contributed by atoms with Crippen molar-refractivity contribution in [2.24, 2.45) is 4.99 Å². The van der Waals surface area contributed by atoms with E-state index < -0.39 is 11.6 Å². The zero-order valence-corrected chi connectivity index (χ0v) is 23.3. The lowest BCUT2D eigenvalue weighted by atomic mass is 9.82. The smallest absolute Gasteiger partial charge is 0.252 e. The van der Waals surface area contributed by atoms with Crippen LogP contribution in [0.3, 0.4) is 0 Å². The number of hydrogen-bond acceptors (Lipinski definition) is 5. The number of aliphatic imine (C=N–C) groups is 1. The molecule has 0 saturated carbocycles. The van der Waals surface area contributed by atoms with Crippen molar-refractivity contribution in [3.05, 3.63) is 100 Å². The molecule has 2 N–H and O–H groups in total. The molecule has 0 aliphatic carbocycles. The minimum absolute atomic E-state index is 0.0875. The van der Waals surface area contributed by atoms with Gasteiger partial charge >= 0.3 is 0 Å². The average Bonchev–Trinajstić information content (AvgIpc) is 3.33. The molecule has 4 rings (SSSR count). The monoisotopic (exact) mass is 578 g/mol. The maximum absolute atomic E-state index is 14.0. The van der Waals surface area contributed by atoms with Crippen LogP contribution in [0.5, 0.6) is 5.75 Å². The maximum atomic E-state index is 14.0. The molecule has 3 aromatic carbocycles. The average molecular weight is 580 g/mol. The second-order valence-corrected chi connectivity index (χ2v) is 10.4. The summed E-state index contributed by atoms with van der Waals surface area (Å²) in [5.41, 5.74) is 1.50. The lowest BCUT2D eigenvalue weighted by molar-refractivity contribution is -0.128. The highest BCUT2D eigenvalue weighted by Gasteiger charge is 2.53. The molecule has 0 fully saturated rings. The summed E-state index contributed by atoms with van der Waals surface area (Å²) in [6, 6.07) is 25.4. The number of hydrogen-bond donors (Lipinski definition) is 2. The van der Waals surface area contributed by atoms with E-state index in [1.54, 1.807) is 0 Å². The molecule has 0 spiro atoms. The van der Waals surface area contributed by atoms with E-state index in [9.17, 15) is 4.79 Å². The van der Waals surface area contributed by atoms with Crippen LogP contribution in [0.15, 0.2) is 88.3 Å². The van der Waals surface area contributed by atoms with Gasteiger partial charge in [-0.2, -0.15) is 0 Å². The Morgan fingerprint density at radius 3 is 2.45 bits per heavy atom. The fraction of sp³-hybridized carbons (Fsp3) is 0.355. The van der Waals surface area contributed by atoms with Gasteiger partial charge in [0.15, 0.2) is 11.6 Å². The van der Waals surface area contributed by atoms with Crippen molar-refractivity contribution in [2.45, 2.75) is 50.7 Å². The molecule has 38 heavy (non-hydrogen) atoms. The first-order valence-corrected chi connectivity index (χ1v) is 14.0. The van der Waals surface area contributed by atoms with Crippen LogP contribution in [-0.2, 0) is 16.0 Å². The van der Waals surface area contributed by atoms with Crippen LogP contribution in [0.4, 0.5) is 0 Å². The van der Waals surface area contributed by atoms with Gasteiger partial charge in [-0.1, -0.05) is 78.2 Å². The molecule has 3 aromatic rings. The van der Waals surface area contributed by atoms with Crippen molar-refractivity contribution in [1.29, 1.82) is 0 Å². The highest BCUT2D eigenvalue weighted by Crippen LogP contribution is 2.42. The molecule has 1 heterocycles. The highest BCUT2D eigenvalue weighted by atomic mass is 79.9. The molecule has 0 aromatic heterocycles. The molecule has 2 atom stereocenters. The van der Waals surface area contributed by atoms with Crippen LogP contribution < -0.4 is 10.1 Å². The molecule has 0 radical (unpaired) electrons. The predicted octanol–water partition coefficient (Wildman–Crippen LogP) is 6.02.